The van der Waals surface area contributed by atoms with Gasteiger partial charge in [-0.15, -0.1) is 0 Å². The van der Waals surface area contributed by atoms with Crippen LogP contribution in [-0.4, -0.2) is 57.9 Å². The van der Waals surface area contributed by atoms with Gasteiger partial charge in [0.15, 0.2) is 0 Å². The summed E-state index contributed by atoms with van der Waals surface area (Å²) in [5.74, 6) is -1.03. The number of rotatable bonds is 5. The molecule has 152 valence electrons. The van der Waals surface area contributed by atoms with Gasteiger partial charge in [0.2, 0.25) is 0 Å². The summed E-state index contributed by atoms with van der Waals surface area (Å²) in [5, 5.41) is 20.4. The Bertz CT molecular complexity index is 747. The van der Waals surface area contributed by atoms with Crippen molar-refractivity contribution in [2.75, 3.05) is 6.54 Å². The van der Waals surface area contributed by atoms with Crippen LogP contribution in [0.4, 0.5) is 15.3 Å². The largest absolute Gasteiger partial charge is 0.516 e. The van der Waals surface area contributed by atoms with Gasteiger partial charge in [0.05, 0.1) is 23.7 Å². The molecule has 0 spiro atoms. The van der Waals surface area contributed by atoms with Crippen LogP contribution < -0.4 is 0 Å². The summed E-state index contributed by atoms with van der Waals surface area (Å²) in [4.78, 5) is 46.9. The fourth-order valence-corrected chi connectivity index (χ4v) is 2.55. The number of nitro benzene ring substituents is 1. The fourth-order valence-electron chi connectivity index (χ4n) is 2.55. The molecular formula is C17H20N2O9. The number of hydrogen-bond donors (Lipinski definition) is 1. The maximum absolute atomic E-state index is 12.3. The Labute approximate surface area is 159 Å². The third-order valence-electron chi connectivity index (χ3n) is 3.81. The second-order valence-corrected chi connectivity index (χ2v) is 6.37. The number of hydrogen-bond acceptors (Lipinski definition) is 9. The third kappa shape index (κ3) is 5.64. The van der Waals surface area contributed by atoms with Crippen LogP contribution in [0, 0.1) is 10.1 Å². The van der Waals surface area contributed by atoms with Crippen molar-refractivity contribution in [3.05, 3.63) is 39.9 Å². The van der Waals surface area contributed by atoms with Crippen LogP contribution in [0.15, 0.2) is 24.3 Å². The molecule has 11 heteroatoms. The lowest BCUT2D eigenvalue weighted by Crippen LogP contribution is -2.42. The van der Waals surface area contributed by atoms with Crippen LogP contribution in [0.1, 0.15) is 25.8 Å². The molecule has 1 amide bonds. The molecule has 1 saturated heterocycles. The minimum absolute atomic E-state index is 0.103. The van der Waals surface area contributed by atoms with Crippen LogP contribution in [0.3, 0.4) is 0 Å². The summed E-state index contributed by atoms with van der Waals surface area (Å²) >= 11 is 0. The first-order valence-corrected chi connectivity index (χ1v) is 8.44. The molecule has 1 fully saturated rings. The highest BCUT2D eigenvalue weighted by atomic mass is 16.7. The van der Waals surface area contributed by atoms with E-state index in [-0.39, 0.29) is 25.3 Å². The topological polar surface area (TPSA) is 146 Å². The molecule has 1 N–H and O–H groups in total. The summed E-state index contributed by atoms with van der Waals surface area (Å²) in [5.41, 5.74) is 0.396. The van der Waals surface area contributed by atoms with E-state index in [1.165, 1.54) is 24.3 Å². The molecule has 0 bridgehead atoms. The first kappa shape index (κ1) is 21.1. The van der Waals surface area contributed by atoms with E-state index in [1.807, 2.05) is 0 Å². The van der Waals surface area contributed by atoms with Crippen molar-refractivity contribution in [2.45, 2.75) is 45.1 Å². The number of likely N-dealkylation sites (tertiary alicyclic amines) is 1. The first-order chi connectivity index (χ1) is 13.2. The number of nitro groups is 1. The molecule has 0 saturated carbocycles. The number of non-ortho nitro benzene ring substituents is 1. The molecule has 0 radical (unpaired) electrons. The highest BCUT2D eigenvalue weighted by Crippen LogP contribution is 2.21. The van der Waals surface area contributed by atoms with Crippen molar-refractivity contribution in [1.29, 1.82) is 0 Å². The van der Waals surface area contributed by atoms with Gasteiger partial charge in [-0.1, -0.05) is 0 Å². The highest BCUT2D eigenvalue weighted by Gasteiger charge is 2.42. The second kappa shape index (κ2) is 9.13. The summed E-state index contributed by atoms with van der Waals surface area (Å²) in [6.07, 6.45) is -3.67. The Hall–Kier alpha value is -3.21. The number of benzene rings is 1. The van der Waals surface area contributed by atoms with Gasteiger partial charge >= 0.3 is 18.2 Å². The Kier molecular flexibility index (Phi) is 6.88. The molecule has 28 heavy (non-hydrogen) atoms. The highest BCUT2D eigenvalue weighted by molar-refractivity contribution is 5.88. The average Bonchev–Trinajstić information content (AvgIpc) is 3.01. The van der Waals surface area contributed by atoms with Crippen LogP contribution in [0.25, 0.3) is 0 Å². The SMILES string of the molecule is CC(C)OC(=O)OC(=O)[C@@H]1C[C@@H](O)CN1C(=O)OCc1ccc([N+](=O)[O-])cc1. The number of carbonyl (C=O) groups excluding carboxylic acids is 3. The van der Waals surface area contributed by atoms with Crippen LogP contribution in [0.2, 0.25) is 0 Å². The monoisotopic (exact) mass is 396 g/mol. The number of aliphatic hydroxyl groups excluding tert-OH is 1. The first-order valence-electron chi connectivity index (χ1n) is 8.44. The van der Waals surface area contributed by atoms with Crippen molar-refractivity contribution < 1.29 is 38.6 Å². The molecule has 1 aromatic carbocycles. The fraction of sp³-hybridized carbons (Fsp3) is 0.471. The molecule has 1 heterocycles. The lowest BCUT2D eigenvalue weighted by molar-refractivity contribution is -0.384. The number of β-amino-alcohol motifs (C(OH)–C–C–N with tert-alkyl or cyclic N) is 1. The van der Waals surface area contributed by atoms with Gasteiger partial charge in [-0.3, -0.25) is 15.0 Å². The Morgan fingerprint density at radius 1 is 1.29 bits per heavy atom. The van der Waals surface area contributed by atoms with E-state index >= 15 is 0 Å². The normalized spacial score (nSPS) is 18.6. The zero-order valence-electron chi connectivity index (χ0n) is 15.3. The third-order valence-corrected chi connectivity index (χ3v) is 3.81. The molecule has 1 aliphatic rings. The lowest BCUT2D eigenvalue weighted by atomic mass is 10.2. The van der Waals surface area contributed by atoms with E-state index in [2.05, 4.69) is 4.74 Å². The molecule has 1 aromatic rings. The number of amides is 1. The Morgan fingerprint density at radius 2 is 1.93 bits per heavy atom. The zero-order valence-corrected chi connectivity index (χ0v) is 15.3. The summed E-state index contributed by atoms with van der Waals surface area (Å²) in [6.45, 7) is 2.79. The van der Waals surface area contributed by atoms with Gasteiger partial charge in [0.1, 0.15) is 12.6 Å². The van der Waals surface area contributed by atoms with E-state index in [1.54, 1.807) is 13.8 Å². The number of nitrogens with zero attached hydrogens (tertiary/aromatic N) is 2. The van der Waals surface area contributed by atoms with Crippen molar-refractivity contribution in [3.8, 4) is 0 Å². The van der Waals surface area contributed by atoms with Crippen LogP contribution >= 0.6 is 0 Å². The van der Waals surface area contributed by atoms with Crippen molar-refractivity contribution in [1.82, 2.24) is 4.90 Å². The van der Waals surface area contributed by atoms with Crippen molar-refractivity contribution in [2.24, 2.45) is 0 Å². The maximum Gasteiger partial charge on any atom is 0.516 e. The van der Waals surface area contributed by atoms with E-state index in [4.69, 9.17) is 9.47 Å². The van der Waals surface area contributed by atoms with E-state index in [0.29, 0.717) is 5.56 Å². The van der Waals surface area contributed by atoms with Crippen LogP contribution in [-0.2, 0) is 25.6 Å². The predicted octanol–water partition coefficient (Wildman–Crippen LogP) is 1.75. The average molecular weight is 396 g/mol. The molecule has 2 atom stereocenters. The minimum atomic E-state index is -1.20. The van der Waals surface area contributed by atoms with Gasteiger partial charge in [-0.25, -0.2) is 14.4 Å². The van der Waals surface area contributed by atoms with Gasteiger partial charge in [0, 0.05) is 18.6 Å². The smallest absolute Gasteiger partial charge is 0.445 e. The molecule has 1 aliphatic heterocycles. The molecular weight excluding hydrogens is 376 g/mol. The van der Waals surface area contributed by atoms with E-state index < -0.39 is 41.4 Å². The minimum Gasteiger partial charge on any atom is -0.445 e. The standard InChI is InChI=1S/C17H20N2O9/c1-10(2)27-17(23)28-15(21)14-7-13(20)8-18(14)16(22)26-9-11-3-5-12(6-4-11)19(24)25/h3-6,10,13-14,20H,7-9H2,1-2H3/t13-,14+/m1/s1. The number of ether oxygens (including phenoxy) is 3. The van der Waals surface area contributed by atoms with E-state index in [9.17, 15) is 29.6 Å². The Morgan fingerprint density at radius 3 is 2.50 bits per heavy atom. The van der Waals surface area contributed by atoms with Gasteiger partial charge in [-0.05, 0) is 31.5 Å². The number of carbonyl (C=O) groups is 3. The predicted molar refractivity (Wildman–Crippen MR) is 92.1 cm³/mol. The summed E-state index contributed by atoms with van der Waals surface area (Å²) < 4.78 is 14.3. The van der Waals surface area contributed by atoms with E-state index in [0.717, 1.165) is 4.90 Å². The van der Waals surface area contributed by atoms with Crippen molar-refractivity contribution in [3.63, 3.8) is 0 Å². The quantitative estimate of drug-likeness (QED) is 0.340. The molecule has 0 aliphatic carbocycles. The number of aliphatic hydroxyl groups is 1. The summed E-state index contributed by atoms with van der Waals surface area (Å²) in [6, 6.07) is 4.20. The van der Waals surface area contributed by atoms with Crippen molar-refractivity contribution >= 4 is 23.9 Å². The Balaban J connectivity index is 1.95. The van der Waals surface area contributed by atoms with Gasteiger partial charge in [0.25, 0.3) is 5.69 Å². The lowest BCUT2D eigenvalue weighted by Gasteiger charge is -2.22. The van der Waals surface area contributed by atoms with Crippen LogP contribution in [0.5, 0.6) is 0 Å². The second-order valence-electron chi connectivity index (χ2n) is 6.37. The zero-order chi connectivity index (χ0) is 20.8. The van der Waals surface area contributed by atoms with Gasteiger partial charge < -0.3 is 19.3 Å². The van der Waals surface area contributed by atoms with Gasteiger partial charge in [-0.2, -0.15) is 0 Å². The number of esters is 1. The molecule has 11 nitrogen and oxygen atoms in total. The maximum atomic E-state index is 12.3. The molecule has 0 unspecified atom stereocenters. The molecule has 2 rings (SSSR count). The molecule has 0 aromatic heterocycles. The summed E-state index contributed by atoms with van der Waals surface area (Å²) in [7, 11) is 0.